The van der Waals surface area contributed by atoms with Crippen LogP contribution in [0.15, 0.2) is 175 Å². The highest BCUT2D eigenvalue weighted by Gasteiger charge is 2.25. The van der Waals surface area contributed by atoms with E-state index >= 15 is 0 Å². The predicted octanol–water partition coefficient (Wildman–Crippen LogP) is 8.39. The van der Waals surface area contributed by atoms with Gasteiger partial charge in [0.15, 0.2) is 0 Å². The van der Waals surface area contributed by atoms with Crippen LogP contribution >= 0.6 is 0 Å². The summed E-state index contributed by atoms with van der Waals surface area (Å²) in [6.07, 6.45) is 6.32. The second-order valence-electron chi connectivity index (χ2n) is 11.4. The molecule has 9 rings (SSSR count). The van der Waals surface area contributed by atoms with Gasteiger partial charge in [-0.15, -0.1) is 0 Å². The number of para-hydroxylation sites is 3. The third-order valence-electron chi connectivity index (χ3n) is 8.70. The van der Waals surface area contributed by atoms with Crippen molar-refractivity contribution in [1.82, 2.24) is 0 Å². The summed E-state index contributed by atoms with van der Waals surface area (Å²) < 4.78 is 13.2. The van der Waals surface area contributed by atoms with Crippen LogP contribution in [0.1, 0.15) is 0 Å². The van der Waals surface area contributed by atoms with Gasteiger partial charge in [0, 0.05) is 58.1 Å². The zero-order valence-electron chi connectivity index (χ0n) is 24.4. The van der Waals surface area contributed by atoms with Crippen LogP contribution in [0.2, 0.25) is 0 Å². The lowest BCUT2D eigenvalue weighted by Crippen LogP contribution is -2.55. The molecule has 0 fully saturated rings. The summed E-state index contributed by atoms with van der Waals surface area (Å²) >= 11 is 0. The van der Waals surface area contributed by atoms with E-state index < -0.39 is 0 Å². The van der Waals surface area contributed by atoms with Crippen LogP contribution in [-0.4, -0.2) is 0 Å². The topological polar surface area (TPSA) is 24.8 Å². The van der Waals surface area contributed by atoms with E-state index in [4.69, 9.17) is 4.42 Å². The molecule has 0 amide bonds. The van der Waals surface area contributed by atoms with Crippen LogP contribution in [0.5, 0.6) is 0 Å². The Morgan fingerprint density at radius 3 is 1.58 bits per heavy atom. The summed E-state index contributed by atoms with van der Waals surface area (Å²) in [5.41, 5.74) is 7.29. The second kappa shape index (κ2) is 10.2. The number of hydrogen-bond acceptors (Lipinski definition) is 1. The molecule has 210 valence electrons. The number of nitrogens with zero attached hydrogens (tertiary/aromatic N) is 3. The molecular weight excluding hydrogens is 550 g/mol. The van der Waals surface area contributed by atoms with Gasteiger partial charge in [0.1, 0.15) is 11.2 Å². The van der Waals surface area contributed by atoms with Crippen molar-refractivity contribution < 1.29 is 18.1 Å². The Kier molecular flexibility index (Phi) is 5.78. The average Bonchev–Trinajstić information content (AvgIpc) is 3.51. The number of rotatable bonds is 4. The van der Waals surface area contributed by atoms with Gasteiger partial charge in [-0.3, -0.25) is 0 Å². The van der Waals surface area contributed by atoms with Crippen LogP contribution in [0.3, 0.4) is 0 Å². The Morgan fingerprint density at radius 1 is 0.356 bits per heavy atom. The zero-order valence-corrected chi connectivity index (χ0v) is 24.4. The maximum Gasteiger partial charge on any atom is 0.428 e. The molecule has 45 heavy (non-hydrogen) atoms. The van der Waals surface area contributed by atoms with Crippen LogP contribution < -0.4 is 13.7 Å². The maximum atomic E-state index is 6.79. The highest BCUT2D eigenvalue weighted by Crippen LogP contribution is 2.40. The number of fused-ring (bicyclic) bond motifs is 7. The molecule has 0 aliphatic heterocycles. The van der Waals surface area contributed by atoms with E-state index in [0.717, 1.165) is 50.1 Å². The van der Waals surface area contributed by atoms with E-state index in [2.05, 4.69) is 172 Å². The van der Waals surface area contributed by atoms with Crippen molar-refractivity contribution in [2.45, 2.75) is 0 Å². The molecule has 0 unspecified atom stereocenters. The van der Waals surface area contributed by atoms with Crippen molar-refractivity contribution in [3.05, 3.63) is 171 Å². The molecule has 0 radical (unpaired) electrons. The van der Waals surface area contributed by atoms with Gasteiger partial charge in [-0.05, 0) is 39.9 Å². The number of hydrogen-bond donors (Lipinski definition) is 0. The predicted molar refractivity (Wildman–Crippen MR) is 179 cm³/mol. The van der Waals surface area contributed by atoms with Crippen molar-refractivity contribution in [2.24, 2.45) is 0 Å². The maximum absolute atomic E-state index is 6.79. The molecule has 0 aliphatic carbocycles. The SMILES string of the molecule is c1ccc(-[n+]2c[n+](-c3ccccc3)c[n+](-c3ccc(-c4cccc5c4oc4c5ccc5ccc6ccccc6c54)cc3)c2)cc1. The highest BCUT2D eigenvalue weighted by atomic mass is 16.3. The van der Waals surface area contributed by atoms with Gasteiger partial charge in [-0.1, -0.05) is 111 Å². The van der Waals surface area contributed by atoms with Crippen LogP contribution in [0.25, 0.3) is 71.7 Å². The number of aromatic nitrogens is 3. The number of furan rings is 1. The van der Waals surface area contributed by atoms with Crippen molar-refractivity contribution in [2.75, 3.05) is 0 Å². The van der Waals surface area contributed by atoms with Crippen molar-refractivity contribution in [3.8, 4) is 28.2 Å². The lowest BCUT2D eigenvalue weighted by molar-refractivity contribution is -0.858. The molecule has 0 atom stereocenters. The molecule has 2 heterocycles. The summed E-state index contributed by atoms with van der Waals surface area (Å²) in [5.74, 6) is 0. The molecule has 4 nitrogen and oxygen atoms in total. The molecule has 0 N–H and O–H groups in total. The summed E-state index contributed by atoms with van der Waals surface area (Å²) in [6, 6.07) is 53.3. The Bertz CT molecular complexity index is 2460. The van der Waals surface area contributed by atoms with Crippen molar-refractivity contribution >= 4 is 43.5 Å². The quantitative estimate of drug-likeness (QED) is 0.152. The first-order valence-electron chi connectivity index (χ1n) is 15.2. The van der Waals surface area contributed by atoms with Gasteiger partial charge in [0.2, 0.25) is 17.1 Å². The first kappa shape index (κ1) is 25.4. The smallest absolute Gasteiger partial charge is 0.428 e. The first-order chi connectivity index (χ1) is 22.3. The Hall–Kier alpha value is -6.13. The van der Waals surface area contributed by atoms with Gasteiger partial charge in [-0.25, -0.2) is 0 Å². The fraction of sp³-hybridized carbons (Fsp3) is 0. The average molecular weight is 579 g/mol. The van der Waals surface area contributed by atoms with Crippen LogP contribution in [-0.2, 0) is 0 Å². The highest BCUT2D eigenvalue weighted by molar-refractivity contribution is 6.23. The minimum atomic E-state index is 0.914. The number of benzene rings is 7. The van der Waals surface area contributed by atoms with E-state index in [9.17, 15) is 0 Å². The van der Waals surface area contributed by atoms with Gasteiger partial charge in [-0.2, -0.15) is 0 Å². The van der Waals surface area contributed by atoms with E-state index in [1.807, 2.05) is 12.1 Å². The molecule has 2 aromatic heterocycles. The van der Waals surface area contributed by atoms with Gasteiger partial charge < -0.3 is 4.42 Å². The molecule has 4 heteroatoms. The normalized spacial score (nSPS) is 11.6. The molecular formula is C41H28N3O+3. The van der Waals surface area contributed by atoms with Crippen molar-refractivity contribution in [1.29, 1.82) is 0 Å². The first-order valence-corrected chi connectivity index (χ1v) is 15.2. The van der Waals surface area contributed by atoms with E-state index in [0.29, 0.717) is 0 Å². The standard InChI is InChI=1S/C41H28N3O/c1-3-11-32(12-4-1)42-26-43(33-13-5-2-6-14-33)28-44(27-42)34-23-20-30(21-24-34)36-16-9-17-37-38-25-22-31-19-18-29-10-7-8-15-35(29)39(31)41(38)45-40(36)37/h1-28H/q+3. The second-order valence-corrected chi connectivity index (χ2v) is 11.4. The monoisotopic (exact) mass is 578 g/mol. The van der Waals surface area contributed by atoms with Crippen molar-refractivity contribution in [3.63, 3.8) is 0 Å². The summed E-state index contributed by atoms with van der Waals surface area (Å²) in [4.78, 5) is 0. The summed E-state index contributed by atoms with van der Waals surface area (Å²) in [7, 11) is 0. The van der Waals surface area contributed by atoms with Crippen LogP contribution in [0, 0.1) is 0 Å². The minimum absolute atomic E-state index is 0.914. The van der Waals surface area contributed by atoms with E-state index in [-0.39, 0.29) is 0 Å². The fourth-order valence-electron chi connectivity index (χ4n) is 6.48. The van der Waals surface area contributed by atoms with Gasteiger partial charge in [0.05, 0.1) is 0 Å². The molecule has 9 aromatic rings. The fourth-order valence-corrected chi connectivity index (χ4v) is 6.48. The molecule has 0 spiro atoms. The van der Waals surface area contributed by atoms with E-state index in [1.165, 1.54) is 21.5 Å². The van der Waals surface area contributed by atoms with E-state index in [1.54, 1.807) is 0 Å². The van der Waals surface area contributed by atoms with Gasteiger partial charge in [0.25, 0.3) is 0 Å². The third kappa shape index (κ3) is 4.27. The Balaban J connectivity index is 1.18. The van der Waals surface area contributed by atoms with Gasteiger partial charge >= 0.3 is 19.0 Å². The third-order valence-corrected chi connectivity index (χ3v) is 8.70. The molecule has 7 aromatic carbocycles. The Labute approximate surface area is 259 Å². The summed E-state index contributed by atoms with van der Waals surface area (Å²) in [6.45, 7) is 0. The molecule has 0 aliphatic rings. The molecule has 0 saturated carbocycles. The lowest BCUT2D eigenvalue weighted by atomic mass is 9.98. The molecule has 0 bridgehead atoms. The molecule has 0 saturated heterocycles. The lowest BCUT2D eigenvalue weighted by Gasteiger charge is -2.04. The van der Waals surface area contributed by atoms with Crippen LogP contribution in [0.4, 0.5) is 0 Å². The zero-order chi connectivity index (χ0) is 29.7. The Morgan fingerprint density at radius 2 is 0.889 bits per heavy atom. The minimum Gasteiger partial charge on any atom is -0.455 e. The summed E-state index contributed by atoms with van der Waals surface area (Å²) in [5, 5.41) is 7.06. The largest absolute Gasteiger partial charge is 0.455 e.